The molecule has 4 atom stereocenters. The molecule has 2 aliphatic carbocycles. The van der Waals surface area contributed by atoms with Gasteiger partial charge in [0.15, 0.2) is 0 Å². The highest BCUT2D eigenvalue weighted by molar-refractivity contribution is 5.07. The van der Waals surface area contributed by atoms with Crippen molar-refractivity contribution in [2.24, 2.45) is 40.9 Å². The number of fused-ring (bicyclic) bond motifs is 2. The number of rotatable bonds is 2. The van der Waals surface area contributed by atoms with Crippen LogP contribution in [0.15, 0.2) is 0 Å². The van der Waals surface area contributed by atoms with Gasteiger partial charge in [-0.05, 0) is 53.8 Å². The summed E-state index contributed by atoms with van der Waals surface area (Å²) in [5.41, 5.74) is 0.629. The van der Waals surface area contributed by atoms with Gasteiger partial charge >= 0.3 is 0 Å². The zero-order valence-corrected chi connectivity index (χ0v) is 11.4. The molecule has 0 heterocycles. The molecule has 15 heavy (non-hydrogen) atoms. The maximum atomic E-state index is 2.53. The van der Waals surface area contributed by atoms with E-state index in [1.807, 2.05) is 0 Å². The van der Waals surface area contributed by atoms with Gasteiger partial charge in [-0.2, -0.15) is 0 Å². The minimum Gasteiger partial charge on any atom is -0.0625 e. The van der Waals surface area contributed by atoms with Crippen LogP contribution in [0.2, 0.25) is 0 Å². The lowest BCUT2D eigenvalue weighted by Gasteiger charge is -2.36. The van der Waals surface area contributed by atoms with Crippen molar-refractivity contribution in [3.63, 3.8) is 0 Å². The monoisotopic (exact) mass is 208 g/mol. The lowest BCUT2D eigenvalue weighted by molar-refractivity contribution is 0.124. The molecule has 2 bridgehead atoms. The van der Waals surface area contributed by atoms with Gasteiger partial charge in [0.05, 0.1) is 0 Å². The summed E-state index contributed by atoms with van der Waals surface area (Å²) in [5.74, 6) is 5.78. The molecule has 2 fully saturated rings. The van der Waals surface area contributed by atoms with Gasteiger partial charge in [0.25, 0.3) is 0 Å². The van der Waals surface area contributed by atoms with E-state index in [9.17, 15) is 0 Å². The molecule has 0 aliphatic heterocycles. The van der Waals surface area contributed by atoms with Gasteiger partial charge in [0.2, 0.25) is 0 Å². The second-order valence-corrected chi connectivity index (χ2v) is 7.25. The first-order valence-electron chi connectivity index (χ1n) is 6.87. The molecule has 0 aromatic heterocycles. The lowest BCUT2D eigenvalue weighted by atomic mass is 9.69. The van der Waals surface area contributed by atoms with Crippen LogP contribution in [0.3, 0.4) is 0 Å². The number of hydrogen-bond donors (Lipinski definition) is 0. The molecular formula is C15H28. The van der Waals surface area contributed by atoms with Crippen molar-refractivity contribution >= 4 is 0 Å². The molecule has 2 rings (SSSR count). The Hall–Kier alpha value is 0. The molecule has 0 aromatic carbocycles. The van der Waals surface area contributed by atoms with Gasteiger partial charge in [-0.3, -0.25) is 0 Å². The van der Waals surface area contributed by atoms with Crippen LogP contribution >= 0.6 is 0 Å². The molecular weight excluding hydrogens is 180 g/mol. The van der Waals surface area contributed by atoms with Crippen LogP contribution in [-0.4, -0.2) is 0 Å². The zero-order chi connectivity index (χ0) is 11.4. The Morgan fingerprint density at radius 1 is 0.800 bits per heavy atom. The fourth-order valence-electron chi connectivity index (χ4n) is 5.11. The third kappa shape index (κ3) is 1.47. The van der Waals surface area contributed by atoms with Crippen molar-refractivity contribution in [3.8, 4) is 0 Å². The van der Waals surface area contributed by atoms with Gasteiger partial charge in [0.1, 0.15) is 0 Å². The molecule has 0 N–H and O–H groups in total. The van der Waals surface area contributed by atoms with E-state index in [-0.39, 0.29) is 0 Å². The first-order valence-corrected chi connectivity index (χ1v) is 6.87. The zero-order valence-electron chi connectivity index (χ0n) is 11.4. The van der Waals surface area contributed by atoms with Crippen molar-refractivity contribution in [1.82, 2.24) is 0 Å². The van der Waals surface area contributed by atoms with Crippen LogP contribution in [0.5, 0.6) is 0 Å². The summed E-state index contributed by atoms with van der Waals surface area (Å²) in [6.07, 6.45) is 3.01. The predicted octanol–water partition coefficient (Wildman–Crippen LogP) is 4.60. The molecule has 2 unspecified atom stereocenters. The second kappa shape index (κ2) is 3.50. The van der Waals surface area contributed by atoms with Crippen LogP contribution in [-0.2, 0) is 0 Å². The first-order chi connectivity index (χ1) is 6.87. The molecule has 2 saturated carbocycles. The molecule has 88 valence electrons. The Balaban J connectivity index is 2.32. The molecule has 2 aliphatic rings. The summed E-state index contributed by atoms with van der Waals surface area (Å²) in [6, 6.07) is 0. The van der Waals surface area contributed by atoms with E-state index in [0.717, 1.165) is 35.5 Å². The van der Waals surface area contributed by atoms with Crippen LogP contribution < -0.4 is 0 Å². The maximum absolute atomic E-state index is 2.53. The van der Waals surface area contributed by atoms with E-state index < -0.39 is 0 Å². The summed E-state index contributed by atoms with van der Waals surface area (Å²) < 4.78 is 0. The Labute approximate surface area is 95.8 Å². The van der Waals surface area contributed by atoms with Gasteiger partial charge < -0.3 is 0 Å². The molecule has 0 saturated heterocycles. The fourth-order valence-corrected chi connectivity index (χ4v) is 5.11. The van der Waals surface area contributed by atoms with Crippen molar-refractivity contribution in [1.29, 1.82) is 0 Å². The van der Waals surface area contributed by atoms with E-state index in [1.54, 1.807) is 0 Å². The SMILES string of the molecule is CC(C)[C@@H]1C2CCC([C@@H]1C(C)C)C2(C)C. The minimum absolute atomic E-state index is 0.629. The van der Waals surface area contributed by atoms with Crippen LogP contribution in [0.25, 0.3) is 0 Å². The third-order valence-corrected chi connectivity index (χ3v) is 5.61. The number of hydrogen-bond acceptors (Lipinski definition) is 0. The largest absolute Gasteiger partial charge is 0.0625 e. The Kier molecular flexibility index (Phi) is 2.68. The highest BCUT2D eigenvalue weighted by Crippen LogP contribution is 2.66. The third-order valence-electron chi connectivity index (χ3n) is 5.61. The highest BCUT2D eigenvalue weighted by atomic mass is 14.6. The van der Waals surface area contributed by atoms with E-state index in [2.05, 4.69) is 41.5 Å². The second-order valence-electron chi connectivity index (χ2n) is 7.25. The van der Waals surface area contributed by atoms with Crippen LogP contribution in [0, 0.1) is 40.9 Å². The minimum atomic E-state index is 0.629. The van der Waals surface area contributed by atoms with E-state index in [1.165, 1.54) is 12.8 Å². The van der Waals surface area contributed by atoms with Crippen molar-refractivity contribution in [2.75, 3.05) is 0 Å². The summed E-state index contributed by atoms with van der Waals surface area (Å²) in [6.45, 7) is 14.8. The van der Waals surface area contributed by atoms with E-state index in [4.69, 9.17) is 0 Å². The quantitative estimate of drug-likeness (QED) is 0.622. The lowest BCUT2D eigenvalue weighted by Crippen LogP contribution is -2.30. The van der Waals surface area contributed by atoms with E-state index in [0.29, 0.717) is 5.41 Å². The van der Waals surface area contributed by atoms with Gasteiger partial charge in [0, 0.05) is 0 Å². The highest BCUT2D eigenvalue weighted by Gasteiger charge is 2.59. The van der Waals surface area contributed by atoms with Crippen molar-refractivity contribution in [2.45, 2.75) is 54.4 Å². The Morgan fingerprint density at radius 3 is 1.40 bits per heavy atom. The topological polar surface area (TPSA) is 0 Å². The van der Waals surface area contributed by atoms with E-state index >= 15 is 0 Å². The van der Waals surface area contributed by atoms with Crippen molar-refractivity contribution < 1.29 is 0 Å². The predicted molar refractivity (Wildman–Crippen MR) is 66.7 cm³/mol. The van der Waals surface area contributed by atoms with Crippen LogP contribution in [0.4, 0.5) is 0 Å². The summed E-state index contributed by atoms with van der Waals surface area (Å²) in [4.78, 5) is 0. The first kappa shape index (κ1) is 11.5. The van der Waals surface area contributed by atoms with Gasteiger partial charge in [-0.15, -0.1) is 0 Å². The average Bonchev–Trinajstić information content (AvgIpc) is 2.52. The standard InChI is InChI=1S/C15H28/c1-9(2)13-11-7-8-12(15(11,5)6)14(13)10(3)4/h9-14H,7-8H2,1-6H3/t11?,12?,13-,14+. The molecule has 0 aromatic rings. The smallest absolute Gasteiger partial charge is 0.0292 e. The molecule has 0 amide bonds. The van der Waals surface area contributed by atoms with Crippen LogP contribution in [0.1, 0.15) is 54.4 Å². The summed E-state index contributed by atoms with van der Waals surface area (Å²) in [7, 11) is 0. The maximum Gasteiger partial charge on any atom is -0.0292 e. The molecule has 0 spiro atoms. The molecule has 0 nitrogen and oxygen atoms in total. The Bertz CT molecular complexity index is 212. The summed E-state index contributed by atoms with van der Waals surface area (Å²) in [5, 5.41) is 0. The Morgan fingerprint density at radius 2 is 1.13 bits per heavy atom. The average molecular weight is 208 g/mol. The van der Waals surface area contributed by atoms with Crippen molar-refractivity contribution in [3.05, 3.63) is 0 Å². The normalized spacial score (nSPS) is 43.2. The molecule has 0 radical (unpaired) electrons. The van der Waals surface area contributed by atoms with Gasteiger partial charge in [-0.25, -0.2) is 0 Å². The fraction of sp³-hybridized carbons (Fsp3) is 1.00. The summed E-state index contributed by atoms with van der Waals surface area (Å²) >= 11 is 0. The molecule has 0 heteroatoms. The van der Waals surface area contributed by atoms with Gasteiger partial charge in [-0.1, -0.05) is 41.5 Å².